The van der Waals surface area contributed by atoms with Crippen LogP contribution in [0.2, 0.25) is 0 Å². The van der Waals surface area contributed by atoms with Gasteiger partial charge in [0.05, 0.1) is 0 Å². The lowest BCUT2D eigenvalue weighted by atomic mass is 10.0. The number of allylic oxidation sites excluding steroid dienone is 20. The summed E-state index contributed by atoms with van der Waals surface area (Å²) in [4.78, 5) is 38.4. The molecule has 0 saturated carbocycles. The van der Waals surface area contributed by atoms with E-state index in [9.17, 15) is 14.4 Å². The van der Waals surface area contributed by atoms with E-state index in [-0.39, 0.29) is 31.1 Å². The summed E-state index contributed by atoms with van der Waals surface area (Å²) in [5.74, 6) is -0.930. The van der Waals surface area contributed by atoms with E-state index in [4.69, 9.17) is 14.2 Å². The SMILES string of the molecule is CC/C=C\C/C=C\C/C=C\C/C=C\C/C=C\C/C=C\CCCCCCC(=O)OCC(COC(=O)CCCCCCC/C=C\C/C=C\CCCCC)OC(=O)CCCCCCCCCCCCC/C=C\C/C=C\CCCCCCC. The first-order valence-corrected chi connectivity index (χ1v) is 33.0. The van der Waals surface area contributed by atoms with E-state index in [0.29, 0.717) is 19.3 Å². The fraction of sp³-hybridized carbons (Fsp3) is 0.685. The van der Waals surface area contributed by atoms with Gasteiger partial charge in [0.15, 0.2) is 6.10 Å². The van der Waals surface area contributed by atoms with Crippen molar-refractivity contribution in [3.05, 3.63) is 122 Å². The Kier molecular flexibility index (Phi) is 62.8. The highest BCUT2D eigenvalue weighted by Crippen LogP contribution is 2.15. The third-order valence-electron chi connectivity index (χ3n) is 13.9. The van der Waals surface area contributed by atoms with Gasteiger partial charge in [0, 0.05) is 19.3 Å². The van der Waals surface area contributed by atoms with E-state index in [1.54, 1.807) is 0 Å². The number of carbonyl (C=O) groups is 3. The molecule has 0 aromatic heterocycles. The largest absolute Gasteiger partial charge is 0.462 e. The van der Waals surface area contributed by atoms with Crippen LogP contribution in [-0.4, -0.2) is 37.2 Å². The number of carbonyl (C=O) groups excluding carboxylic acids is 3. The molecule has 0 aromatic rings. The Morgan fingerprint density at radius 3 is 0.797 bits per heavy atom. The van der Waals surface area contributed by atoms with Crippen LogP contribution in [0.4, 0.5) is 0 Å². The quantitative estimate of drug-likeness (QED) is 0.0261. The molecule has 450 valence electrons. The smallest absolute Gasteiger partial charge is 0.306 e. The number of unbranched alkanes of at least 4 members (excludes halogenated alkanes) is 28. The second-order valence-corrected chi connectivity index (χ2v) is 21.6. The summed E-state index contributed by atoms with van der Waals surface area (Å²) in [6, 6.07) is 0. The van der Waals surface area contributed by atoms with Crippen molar-refractivity contribution in [1.29, 1.82) is 0 Å². The normalized spacial score (nSPS) is 12.9. The monoisotopic (exact) mass is 1090 g/mol. The minimum atomic E-state index is -0.801. The molecular formula is C73H122O6. The Bertz CT molecular complexity index is 1640. The van der Waals surface area contributed by atoms with E-state index in [1.807, 2.05) is 0 Å². The summed E-state index contributed by atoms with van der Waals surface area (Å²) in [5.41, 5.74) is 0. The Labute approximate surface area is 488 Å². The lowest BCUT2D eigenvalue weighted by Crippen LogP contribution is -2.30. The van der Waals surface area contributed by atoms with Crippen LogP contribution >= 0.6 is 0 Å². The van der Waals surface area contributed by atoms with Crippen LogP contribution in [0.15, 0.2) is 122 Å². The standard InChI is InChI=1S/C73H122O6/c1-4-7-10-13-16-19-22-25-28-30-32-34-36-38-40-42-45-48-51-54-57-60-63-66-72(75)78-69-70(68-77-71(74)65-62-59-56-53-50-47-44-27-24-21-18-15-12-9-6-3)79-73(76)67-64-61-58-55-52-49-46-43-41-39-37-35-33-31-29-26-23-20-17-14-11-8-5-2/h7,10,16,18-19,21,23,25-28,31-34,38,40,44-45,48,70H,4-6,8-9,11-15,17,20,22,24,29-30,35-37,39,41-43,46-47,49-69H2,1-3H3/b10-7-,19-16-,21-18-,26-23-,28-25-,33-31-,34-32-,40-38-,44-27-,48-45-. The fourth-order valence-electron chi connectivity index (χ4n) is 8.98. The highest BCUT2D eigenvalue weighted by atomic mass is 16.6. The van der Waals surface area contributed by atoms with Gasteiger partial charge in [0.1, 0.15) is 13.2 Å². The van der Waals surface area contributed by atoms with Crippen LogP contribution in [0.3, 0.4) is 0 Å². The van der Waals surface area contributed by atoms with E-state index >= 15 is 0 Å². The van der Waals surface area contributed by atoms with Gasteiger partial charge < -0.3 is 14.2 Å². The molecule has 0 N–H and O–H groups in total. The predicted molar refractivity (Wildman–Crippen MR) is 343 cm³/mol. The van der Waals surface area contributed by atoms with Gasteiger partial charge in [-0.1, -0.05) is 271 Å². The van der Waals surface area contributed by atoms with Gasteiger partial charge >= 0.3 is 17.9 Å². The molecular weight excluding hydrogens is 973 g/mol. The van der Waals surface area contributed by atoms with Crippen LogP contribution < -0.4 is 0 Å². The van der Waals surface area contributed by atoms with Crippen LogP contribution in [0.5, 0.6) is 0 Å². The first-order valence-electron chi connectivity index (χ1n) is 33.0. The minimum absolute atomic E-state index is 0.0963. The Balaban J connectivity index is 4.44. The van der Waals surface area contributed by atoms with Crippen molar-refractivity contribution in [3.8, 4) is 0 Å². The molecule has 6 heteroatoms. The molecule has 1 unspecified atom stereocenters. The molecule has 0 amide bonds. The first-order chi connectivity index (χ1) is 39.0. The Morgan fingerprint density at radius 2 is 0.494 bits per heavy atom. The Morgan fingerprint density at radius 1 is 0.266 bits per heavy atom. The third-order valence-corrected chi connectivity index (χ3v) is 13.9. The summed E-state index contributed by atoms with van der Waals surface area (Å²) in [7, 11) is 0. The number of hydrogen-bond donors (Lipinski definition) is 0. The van der Waals surface area contributed by atoms with Crippen molar-refractivity contribution in [2.24, 2.45) is 0 Å². The zero-order chi connectivity index (χ0) is 57.1. The van der Waals surface area contributed by atoms with E-state index < -0.39 is 6.10 Å². The molecule has 0 saturated heterocycles. The second kappa shape index (κ2) is 66.3. The van der Waals surface area contributed by atoms with Gasteiger partial charge in [-0.05, 0) is 135 Å². The van der Waals surface area contributed by atoms with E-state index in [2.05, 4.69) is 142 Å². The number of hydrogen-bond acceptors (Lipinski definition) is 6. The lowest BCUT2D eigenvalue weighted by molar-refractivity contribution is -0.167. The number of rotatable bonds is 59. The topological polar surface area (TPSA) is 78.9 Å². The van der Waals surface area contributed by atoms with Crippen molar-refractivity contribution in [2.45, 2.75) is 309 Å². The lowest BCUT2D eigenvalue weighted by Gasteiger charge is -2.18. The zero-order valence-electron chi connectivity index (χ0n) is 51.6. The van der Waals surface area contributed by atoms with Crippen LogP contribution in [-0.2, 0) is 28.6 Å². The molecule has 1 atom stereocenters. The maximum atomic E-state index is 12.9. The number of ether oxygens (including phenoxy) is 3. The van der Waals surface area contributed by atoms with Gasteiger partial charge in [-0.3, -0.25) is 14.4 Å². The second-order valence-electron chi connectivity index (χ2n) is 21.6. The average Bonchev–Trinajstić information content (AvgIpc) is 3.45. The van der Waals surface area contributed by atoms with Crippen molar-refractivity contribution in [1.82, 2.24) is 0 Å². The third kappa shape index (κ3) is 64.5. The van der Waals surface area contributed by atoms with Gasteiger partial charge in [0.25, 0.3) is 0 Å². The van der Waals surface area contributed by atoms with Crippen LogP contribution in [0.25, 0.3) is 0 Å². The zero-order valence-corrected chi connectivity index (χ0v) is 51.6. The van der Waals surface area contributed by atoms with Crippen molar-refractivity contribution in [2.75, 3.05) is 13.2 Å². The molecule has 0 bridgehead atoms. The molecule has 0 spiro atoms. The van der Waals surface area contributed by atoms with Crippen molar-refractivity contribution >= 4 is 17.9 Å². The highest BCUT2D eigenvalue weighted by molar-refractivity contribution is 5.71. The van der Waals surface area contributed by atoms with E-state index in [0.717, 1.165) is 141 Å². The van der Waals surface area contributed by atoms with Crippen molar-refractivity contribution < 1.29 is 28.6 Å². The summed E-state index contributed by atoms with van der Waals surface area (Å²) in [5, 5.41) is 0. The summed E-state index contributed by atoms with van der Waals surface area (Å²) < 4.78 is 16.9. The number of esters is 3. The van der Waals surface area contributed by atoms with E-state index in [1.165, 1.54) is 122 Å². The summed E-state index contributed by atoms with van der Waals surface area (Å²) in [6.45, 7) is 6.47. The molecule has 0 fully saturated rings. The molecule has 6 nitrogen and oxygen atoms in total. The van der Waals surface area contributed by atoms with Gasteiger partial charge in [-0.15, -0.1) is 0 Å². The first kappa shape index (κ1) is 74.8. The molecule has 0 radical (unpaired) electrons. The molecule has 0 rings (SSSR count). The molecule has 0 heterocycles. The molecule has 0 aromatic carbocycles. The summed E-state index contributed by atoms with van der Waals surface area (Å²) >= 11 is 0. The maximum Gasteiger partial charge on any atom is 0.306 e. The molecule has 79 heavy (non-hydrogen) atoms. The molecule has 0 aliphatic rings. The van der Waals surface area contributed by atoms with Crippen molar-refractivity contribution in [3.63, 3.8) is 0 Å². The van der Waals surface area contributed by atoms with Gasteiger partial charge in [0.2, 0.25) is 0 Å². The minimum Gasteiger partial charge on any atom is -0.462 e. The molecule has 0 aliphatic heterocycles. The fourth-order valence-corrected chi connectivity index (χ4v) is 8.98. The molecule has 0 aliphatic carbocycles. The van der Waals surface area contributed by atoms with Crippen LogP contribution in [0, 0.1) is 0 Å². The summed E-state index contributed by atoms with van der Waals surface area (Å²) in [6.07, 6.45) is 92.0. The van der Waals surface area contributed by atoms with Crippen LogP contribution in [0.1, 0.15) is 303 Å². The maximum absolute atomic E-state index is 12.9. The average molecular weight is 1100 g/mol. The van der Waals surface area contributed by atoms with Gasteiger partial charge in [-0.25, -0.2) is 0 Å². The Hall–Kier alpha value is -4.19. The highest BCUT2D eigenvalue weighted by Gasteiger charge is 2.19. The predicted octanol–water partition coefficient (Wildman–Crippen LogP) is 22.8. The van der Waals surface area contributed by atoms with Gasteiger partial charge in [-0.2, -0.15) is 0 Å².